The van der Waals surface area contributed by atoms with Gasteiger partial charge in [-0.25, -0.2) is 4.98 Å². The molecule has 3 rings (SSSR count). The van der Waals surface area contributed by atoms with E-state index < -0.39 is 0 Å². The largest absolute Gasteiger partial charge is 0.396 e. The van der Waals surface area contributed by atoms with Crippen LogP contribution in [-0.4, -0.2) is 34.2 Å². The normalized spacial score (nSPS) is 19.8. The molecule has 1 saturated heterocycles. The van der Waals surface area contributed by atoms with Crippen LogP contribution in [-0.2, 0) is 6.54 Å². The maximum absolute atomic E-state index is 9.22. The number of piperidine rings is 1. The summed E-state index contributed by atoms with van der Waals surface area (Å²) in [4.78, 5) is 7.28. The van der Waals surface area contributed by atoms with Gasteiger partial charge in [-0.2, -0.15) is 0 Å². The Morgan fingerprint density at radius 3 is 2.90 bits per heavy atom. The van der Waals surface area contributed by atoms with Crippen molar-refractivity contribution < 1.29 is 5.11 Å². The van der Waals surface area contributed by atoms with Crippen LogP contribution in [0.3, 0.4) is 0 Å². The first-order valence-corrected chi connectivity index (χ1v) is 8.59. The van der Waals surface area contributed by atoms with Gasteiger partial charge in [-0.3, -0.25) is 4.90 Å². The lowest BCUT2D eigenvalue weighted by Gasteiger charge is -2.34. The van der Waals surface area contributed by atoms with Crippen LogP contribution >= 0.6 is 11.3 Å². The van der Waals surface area contributed by atoms with Gasteiger partial charge in [0, 0.05) is 23.6 Å². The van der Waals surface area contributed by atoms with E-state index in [1.54, 1.807) is 11.3 Å². The summed E-state index contributed by atoms with van der Waals surface area (Å²) in [5, 5.41) is 12.5. The highest BCUT2D eigenvalue weighted by Crippen LogP contribution is 2.26. The summed E-state index contributed by atoms with van der Waals surface area (Å²) in [6.45, 7) is 2.33. The Morgan fingerprint density at radius 2 is 2.10 bits per heavy atom. The van der Waals surface area contributed by atoms with E-state index in [9.17, 15) is 5.11 Å². The topological polar surface area (TPSA) is 36.4 Å². The van der Waals surface area contributed by atoms with Crippen LogP contribution in [0.25, 0.3) is 11.3 Å². The minimum absolute atomic E-state index is 0.286. The number of thiazole rings is 1. The lowest BCUT2D eigenvalue weighted by Crippen LogP contribution is -2.39. The van der Waals surface area contributed by atoms with E-state index >= 15 is 0 Å². The lowest BCUT2D eigenvalue weighted by molar-refractivity contribution is 0.112. The third-order valence-electron chi connectivity index (χ3n) is 4.17. The molecule has 1 aliphatic heterocycles. The average molecular weight is 302 g/mol. The monoisotopic (exact) mass is 302 g/mol. The van der Waals surface area contributed by atoms with Crippen molar-refractivity contribution in [1.82, 2.24) is 9.88 Å². The van der Waals surface area contributed by atoms with Crippen LogP contribution in [0.2, 0.25) is 0 Å². The van der Waals surface area contributed by atoms with Crippen molar-refractivity contribution in [2.24, 2.45) is 0 Å². The third kappa shape index (κ3) is 3.70. The maximum Gasteiger partial charge on any atom is 0.107 e. The molecule has 1 aromatic heterocycles. The molecule has 0 amide bonds. The molecule has 1 unspecified atom stereocenters. The van der Waals surface area contributed by atoms with Crippen molar-refractivity contribution in [3.8, 4) is 11.3 Å². The average Bonchev–Trinajstić information content (AvgIpc) is 2.99. The Balaban J connectivity index is 1.69. The molecule has 1 atom stereocenters. The van der Waals surface area contributed by atoms with Gasteiger partial charge in [0.2, 0.25) is 0 Å². The van der Waals surface area contributed by atoms with E-state index in [-0.39, 0.29) is 6.61 Å². The van der Waals surface area contributed by atoms with Gasteiger partial charge >= 0.3 is 0 Å². The fourth-order valence-corrected chi connectivity index (χ4v) is 3.87. The molecule has 0 spiro atoms. The SMILES string of the molecule is OCCC1CCCCN1Cc1nc(-c2ccccc2)cs1. The standard InChI is InChI=1S/C17H22N2OS/c20-11-9-15-8-4-5-10-19(15)12-17-18-16(13-21-17)14-6-2-1-3-7-14/h1-3,6-7,13,15,20H,4-5,8-12H2. The predicted octanol–water partition coefficient (Wildman–Crippen LogP) is 3.55. The first-order chi connectivity index (χ1) is 10.4. The Hall–Kier alpha value is -1.23. The third-order valence-corrected chi connectivity index (χ3v) is 5.00. The number of likely N-dealkylation sites (tertiary alicyclic amines) is 1. The molecule has 0 bridgehead atoms. The van der Waals surface area contributed by atoms with Crippen molar-refractivity contribution in [2.75, 3.05) is 13.2 Å². The summed E-state index contributed by atoms with van der Waals surface area (Å²) < 4.78 is 0. The number of rotatable bonds is 5. The van der Waals surface area contributed by atoms with Crippen LogP contribution in [0, 0.1) is 0 Å². The van der Waals surface area contributed by atoms with Crippen molar-refractivity contribution >= 4 is 11.3 Å². The molecule has 112 valence electrons. The number of nitrogens with zero attached hydrogens (tertiary/aromatic N) is 2. The first-order valence-electron chi connectivity index (χ1n) is 7.71. The van der Waals surface area contributed by atoms with Gasteiger partial charge < -0.3 is 5.11 Å². The summed E-state index contributed by atoms with van der Waals surface area (Å²) in [5.41, 5.74) is 2.26. The zero-order valence-corrected chi connectivity index (χ0v) is 13.1. The summed E-state index contributed by atoms with van der Waals surface area (Å²) in [6.07, 6.45) is 4.64. The quantitative estimate of drug-likeness (QED) is 0.917. The van der Waals surface area contributed by atoms with E-state index in [0.717, 1.165) is 25.2 Å². The highest BCUT2D eigenvalue weighted by molar-refractivity contribution is 7.09. The fourth-order valence-electron chi connectivity index (χ4n) is 3.04. The molecule has 1 aliphatic rings. The Labute approximate surface area is 130 Å². The van der Waals surface area contributed by atoms with Crippen molar-refractivity contribution in [2.45, 2.75) is 38.3 Å². The smallest absolute Gasteiger partial charge is 0.107 e. The Bertz CT molecular complexity index is 553. The molecule has 2 heterocycles. The summed E-state index contributed by atoms with van der Waals surface area (Å²) in [6, 6.07) is 10.9. The van der Waals surface area contributed by atoms with E-state index in [0.29, 0.717) is 6.04 Å². The van der Waals surface area contributed by atoms with Gasteiger partial charge in [0.15, 0.2) is 0 Å². The molecular weight excluding hydrogens is 280 g/mol. The van der Waals surface area contributed by atoms with Crippen LogP contribution in [0.4, 0.5) is 0 Å². The van der Waals surface area contributed by atoms with Crippen molar-refractivity contribution in [3.63, 3.8) is 0 Å². The van der Waals surface area contributed by atoms with Crippen molar-refractivity contribution in [3.05, 3.63) is 40.7 Å². The molecule has 1 fully saturated rings. The Kier molecular flexibility index (Phi) is 5.01. The molecule has 3 nitrogen and oxygen atoms in total. The van der Waals surface area contributed by atoms with Gasteiger partial charge in [-0.05, 0) is 25.8 Å². The maximum atomic E-state index is 9.22. The second-order valence-corrected chi connectivity index (χ2v) is 6.57. The summed E-state index contributed by atoms with van der Waals surface area (Å²) in [7, 11) is 0. The molecule has 1 N–H and O–H groups in total. The zero-order valence-electron chi connectivity index (χ0n) is 12.2. The second-order valence-electron chi connectivity index (χ2n) is 5.62. The molecular formula is C17H22N2OS. The fraction of sp³-hybridized carbons (Fsp3) is 0.471. The Morgan fingerprint density at radius 1 is 1.24 bits per heavy atom. The second kappa shape index (κ2) is 7.16. The van der Waals surface area contributed by atoms with E-state index in [2.05, 4.69) is 34.5 Å². The van der Waals surface area contributed by atoms with Crippen LogP contribution in [0.1, 0.15) is 30.7 Å². The van der Waals surface area contributed by atoms with Crippen LogP contribution in [0.5, 0.6) is 0 Å². The minimum Gasteiger partial charge on any atom is -0.396 e. The predicted molar refractivity (Wildman–Crippen MR) is 87.3 cm³/mol. The molecule has 2 aromatic rings. The first kappa shape index (κ1) is 14.7. The van der Waals surface area contributed by atoms with E-state index in [1.165, 1.54) is 29.8 Å². The number of aromatic nitrogens is 1. The van der Waals surface area contributed by atoms with Gasteiger partial charge in [-0.1, -0.05) is 36.8 Å². The van der Waals surface area contributed by atoms with E-state index in [1.807, 2.05) is 6.07 Å². The van der Waals surface area contributed by atoms with E-state index in [4.69, 9.17) is 4.98 Å². The lowest BCUT2D eigenvalue weighted by atomic mass is 10.00. The number of benzene rings is 1. The summed E-state index contributed by atoms with van der Waals surface area (Å²) >= 11 is 1.74. The van der Waals surface area contributed by atoms with Gasteiger partial charge in [0.25, 0.3) is 0 Å². The molecule has 21 heavy (non-hydrogen) atoms. The van der Waals surface area contributed by atoms with Crippen molar-refractivity contribution in [1.29, 1.82) is 0 Å². The van der Waals surface area contributed by atoms with Crippen LogP contribution < -0.4 is 0 Å². The van der Waals surface area contributed by atoms with Crippen LogP contribution in [0.15, 0.2) is 35.7 Å². The van der Waals surface area contributed by atoms with Gasteiger partial charge in [-0.15, -0.1) is 11.3 Å². The minimum atomic E-state index is 0.286. The zero-order chi connectivity index (χ0) is 14.5. The highest BCUT2D eigenvalue weighted by Gasteiger charge is 2.22. The molecule has 0 radical (unpaired) electrons. The van der Waals surface area contributed by atoms with Gasteiger partial charge in [0.05, 0.1) is 12.2 Å². The number of hydrogen-bond acceptors (Lipinski definition) is 4. The molecule has 0 aliphatic carbocycles. The number of aliphatic hydroxyl groups excluding tert-OH is 1. The molecule has 4 heteroatoms. The summed E-state index contributed by atoms with van der Waals surface area (Å²) in [5.74, 6) is 0. The van der Waals surface area contributed by atoms with Gasteiger partial charge in [0.1, 0.15) is 5.01 Å². The number of hydrogen-bond donors (Lipinski definition) is 1. The molecule has 0 saturated carbocycles. The molecule has 1 aromatic carbocycles. The highest BCUT2D eigenvalue weighted by atomic mass is 32.1. The number of aliphatic hydroxyl groups is 1.